The van der Waals surface area contributed by atoms with Gasteiger partial charge in [-0.15, -0.1) is 0 Å². The number of benzene rings is 1. The Balaban J connectivity index is 2.82. The standard InChI is InChI=1S/C15H23NO5S/c1-11(2)10-21-13-5-7-14(8-6-13)22(19,20)16(4)9-12(3)15(17)18/h5-8,11-12H,9-10H2,1-4H3,(H,17,18). The lowest BCUT2D eigenvalue weighted by atomic mass is 10.2. The number of carboxylic acids is 1. The summed E-state index contributed by atoms with van der Waals surface area (Å²) in [6.45, 7) is 6.00. The predicted molar refractivity (Wildman–Crippen MR) is 83.4 cm³/mol. The van der Waals surface area contributed by atoms with Crippen LogP contribution in [0.1, 0.15) is 20.8 Å². The van der Waals surface area contributed by atoms with Crippen LogP contribution in [0.4, 0.5) is 0 Å². The second kappa shape index (κ2) is 7.60. The average molecular weight is 329 g/mol. The van der Waals surface area contributed by atoms with Crippen molar-refractivity contribution >= 4 is 16.0 Å². The molecule has 0 saturated carbocycles. The smallest absolute Gasteiger partial charge is 0.307 e. The van der Waals surface area contributed by atoms with Crippen LogP contribution in [0.25, 0.3) is 0 Å². The van der Waals surface area contributed by atoms with Gasteiger partial charge in [0, 0.05) is 13.6 Å². The number of aliphatic carboxylic acids is 1. The lowest BCUT2D eigenvalue weighted by molar-refractivity contribution is -0.141. The van der Waals surface area contributed by atoms with Gasteiger partial charge in [-0.25, -0.2) is 12.7 Å². The van der Waals surface area contributed by atoms with E-state index < -0.39 is 21.9 Å². The van der Waals surface area contributed by atoms with Crippen molar-refractivity contribution in [2.45, 2.75) is 25.7 Å². The largest absolute Gasteiger partial charge is 0.493 e. The molecule has 1 unspecified atom stereocenters. The molecule has 1 atom stereocenters. The zero-order chi connectivity index (χ0) is 16.9. The van der Waals surface area contributed by atoms with Gasteiger partial charge in [-0.2, -0.15) is 0 Å². The Kier molecular flexibility index (Phi) is 6.37. The van der Waals surface area contributed by atoms with Gasteiger partial charge in [-0.1, -0.05) is 20.8 Å². The van der Waals surface area contributed by atoms with E-state index in [9.17, 15) is 13.2 Å². The van der Waals surface area contributed by atoms with Gasteiger partial charge < -0.3 is 9.84 Å². The molecule has 7 heteroatoms. The van der Waals surface area contributed by atoms with Crippen LogP contribution in [0.5, 0.6) is 5.75 Å². The predicted octanol–water partition coefficient (Wildman–Crippen LogP) is 2.06. The number of ether oxygens (including phenoxy) is 1. The van der Waals surface area contributed by atoms with E-state index in [-0.39, 0.29) is 11.4 Å². The molecule has 0 aromatic heterocycles. The molecular formula is C15H23NO5S. The van der Waals surface area contributed by atoms with E-state index in [1.165, 1.54) is 26.1 Å². The van der Waals surface area contributed by atoms with E-state index in [1.54, 1.807) is 12.1 Å². The van der Waals surface area contributed by atoms with Crippen molar-refractivity contribution in [2.24, 2.45) is 11.8 Å². The molecule has 0 saturated heterocycles. The van der Waals surface area contributed by atoms with Crippen LogP contribution in [-0.4, -0.2) is 44.0 Å². The zero-order valence-corrected chi connectivity index (χ0v) is 14.1. The van der Waals surface area contributed by atoms with Gasteiger partial charge in [0.25, 0.3) is 0 Å². The summed E-state index contributed by atoms with van der Waals surface area (Å²) in [6, 6.07) is 6.13. The van der Waals surface area contributed by atoms with Gasteiger partial charge >= 0.3 is 5.97 Å². The van der Waals surface area contributed by atoms with E-state index >= 15 is 0 Å². The Morgan fingerprint density at radius 3 is 2.23 bits per heavy atom. The lowest BCUT2D eigenvalue weighted by Crippen LogP contribution is -2.33. The van der Waals surface area contributed by atoms with Gasteiger partial charge in [0.05, 0.1) is 17.4 Å². The second-order valence-corrected chi connectivity index (χ2v) is 7.75. The number of carbonyl (C=O) groups is 1. The molecule has 0 bridgehead atoms. The third-order valence-electron chi connectivity index (χ3n) is 3.07. The van der Waals surface area contributed by atoms with Crippen molar-refractivity contribution < 1.29 is 23.1 Å². The van der Waals surface area contributed by atoms with E-state index in [0.29, 0.717) is 18.3 Å². The Hall–Kier alpha value is -1.60. The normalized spacial score (nSPS) is 13.4. The lowest BCUT2D eigenvalue weighted by Gasteiger charge is -2.19. The molecule has 0 amide bonds. The fourth-order valence-electron chi connectivity index (χ4n) is 1.71. The Morgan fingerprint density at radius 2 is 1.77 bits per heavy atom. The first-order valence-electron chi connectivity index (χ1n) is 7.06. The molecule has 6 nitrogen and oxygen atoms in total. The summed E-state index contributed by atoms with van der Waals surface area (Å²) in [6.07, 6.45) is 0. The molecule has 22 heavy (non-hydrogen) atoms. The third-order valence-corrected chi connectivity index (χ3v) is 4.91. The Morgan fingerprint density at radius 1 is 1.23 bits per heavy atom. The van der Waals surface area contributed by atoms with Crippen molar-refractivity contribution in [1.82, 2.24) is 4.31 Å². The Bertz CT molecular complexity index is 595. The molecule has 0 aliphatic heterocycles. The molecule has 0 radical (unpaired) electrons. The molecule has 0 heterocycles. The molecule has 0 aliphatic rings. The van der Waals surface area contributed by atoms with Crippen LogP contribution in [0, 0.1) is 11.8 Å². The fourth-order valence-corrected chi connectivity index (χ4v) is 2.97. The molecule has 0 spiro atoms. The van der Waals surface area contributed by atoms with Gasteiger partial charge in [0.1, 0.15) is 5.75 Å². The van der Waals surface area contributed by atoms with Crippen molar-refractivity contribution in [2.75, 3.05) is 20.2 Å². The summed E-state index contributed by atoms with van der Waals surface area (Å²) in [5, 5.41) is 8.87. The highest BCUT2D eigenvalue weighted by Gasteiger charge is 2.24. The van der Waals surface area contributed by atoms with Gasteiger partial charge in [0.2, 0.25) is 10.0 Å². The SMILES string of the molecule is CC(C)COc1ccc(S(=O)(=O)N(C)CC(C)C(=O)O)cc1. The van der Waals surface area contributed by atoms with E-state index in [0.717, 1.165) is 4.31 Å². The molecule has 0 fully saturated rings. The summed E-state index contributed by atoms with van der Waals surface area (Å²) < 4.78 is 31.3. The third kappa shape index (κ3) is 4.99. The topological polar surface area (TPSA) is 83.9 Å². The number of hydrogen-bond donors (Lipinski definition) is 1. The van der Waals surface area contributed by atoms with E-state index in [1.807, 2.05) is 13.8 Å². The molecule has 1 N–H and O–H groups in total. The molecule has 1 aromatic rings. The first-order chi connectivity index (χ1) is 10.1. The summed E-state index contributed by atoms with van der Waals surface area (Å²) >= 11 is 0. The van der Waals surface area contributed by atoms with E-state index in [2.05, 4.69) is 0 Å². The zero-order valence-electron chi connectivity index (χ0n) is 13.3. The number of rotatable bonds is 8. The van der Waals surface area contributed by atoms with E-state index in [4.69, 9.17) is 9.84 Å². The number of sulfonamides is 1. The monoisotopic (exact) mass is 329 g/mol. The minimum Gasteiger partial charge on any atom is -0.493 e. The second-order valence-electron chi connectivity index (χ2n) is 5.70. The quantitative estimate of drug-likeness (QED) is 0.789. The minimum atomic E-state index is -3.70. The van der Waals surface area contributed by atoms with Crippen LogP contribution in [-0.2, 0) is 14.8 Å². The maximum Gasteiger partial charge on any atom is 0.307 e. The minimum absolute atomic E-state index is 0.0801. The molecular weight excluding hydrogens is 306 g/mol. The van der Waals surface area contributed by atoms with Gasteiger partial charge in [0.15, 0.2) is 0 Å². The highest BCUT2D eigenvalue weighted by molar-refractivity contribution is 7.89. The van der Waals surface area contributed by atoms with Gasteiger partial charge in [-0.3, -0.25) is 4.79 Å². The maximum atomic E-state index is 12.4. The number of hydrogen-bond acceptors (Lipinski definition) is 4. The van der Waals surface area contributed by atoms with Crippen LogP contribution >= 0.6 is 0 Å². The highest BCUT2D eigenvalue weighted by Crippen LogP contribution is 2.20. The van der Waals surface area contributed by atoms with Crippen LogP contribution in [0.2, 0.25) is 0 Å². The summed E-state index contributed by atoms with van der Waals surface area (Å²) in [5.41, 5.74) is 0. The average Bonchev–Trinajstić information content (AvgIpc) is 2.45. The van der Waals surface area contributed by atoms with Crippen molar-refractivity contribution in [3.05, 3.63) is 24.3 Å². The van der Waals surface area contributed by atoms with Crippen molar-refractivity contribution in [3.63, 3.8) is 0 Å². The number of carboxylic acid groups (broad SMARTS) is 1. The van der Waals surface area contributed by atoms with Crippen molar-refractivity contribution in [3.8, 4) is 5.75 Å². The summed E-state index contributed by atoms with van der Waals surface area (Å²) in [4.78, 5) is 10.9. The van der Waals surface area contributed by atoms with Crippen molar-refractivity contribution in [1.29, 1.82) is 0 Å². The van der Waals surface area contributed by atoms with Crippen LogP contribution < -0.4 is 4.74 Å². The summed E-state index contributed by atoms with van der Waals surface area (Å²) in [7, 11) is -2.33. The summed E-state index contributed by atoms with van der Waals surface area (Å²) in [5.74, 6) is -0.811. The van der Waals surface area contributed by atoms with Crippen LogP contribution in [0.15, 0.2) is 29.2 Å². The highest BCUT2D eigenvalue weighted by atomic mass is 32.2. The Labute approximate surface area is 131 Å². The molecule has 1 aromatic carbocycles. The first-order valence-corrected chi connectivity index (χ1v) is 8.50. The number of nitrogens with zero attached hydrogens (tertiary/aromatic N) is 1. The molecule has 0 aliphatic carbocycles. The molecule has 1 rings (SSSR count). The first kappa shape index (κ1) is 18.4. The van der Waals surface area contributed by atoms with Crippen LogP contribution in [0.3, 0.4) is 0 Å². The maximum absolute atomic E-state index is 12.4. The van der Waals surface area contributed by atoms with Gasteiger partial charge in [-0.05, 0) is 30.2 Å². The molecule has 124 valence electrons. The fraction of sp³-hybridized carbons (Fsp3) is 0.533.